The molecule has 0 saturated heterocycles. The van der Waals surface area contributed by atoms with Gasteiger partial charge in [-0.25, -0.2) is 22.4 Å². The van der Waals surface area contributed by atoms with Gasteiger partial charge in [0.1, 0.15) is 12.2 Å². The number of rotatable bonds is 6. The predicted molar refractivity (Wildman–Crippen MR) is 82.9 cm³/mol. The summed E-state index contributed by atoms with van der Waals surface area (Å²) in [5.74, 6) is 2.20. The average Bonchev–Trinajstić information content (AvgIpc) is 3.12. The molecule has 0 amide bonds. The lowest BCUT2D eigenvalue weighted by Gasteiger charge is -2.13. The second-order valence-corrected chi connectivity index (χ2v) is 7.45. The highest BCUT2D eigenvalue weighted by molar-refractivity contribution is 7.88. The van der Waals surface area contributed by atoms with Crippen LogP contribution in [0.2, 0.25) is 0 Å². The lowest BCUT2D eigenvalue weighted by Crippen LogP contribution is -2.28. The number of aromatic nitrogens is 3. The Labute approximate surface area is 134 Å². The minimum atomic E-state index is -3.19. The summed E-state index contributed by atoms with van der Waals surface area (Å²) in [7, 11) is -1.64. The zero-order valence-corrected chi connectivity index (χ0v) is 13.8. The second kappa shape index (κ2) is 6.17. The number of benzene rings is 1. The van der Waals surface area contributed by atoms with E-state index in [1.807, 2.05) is 18.2 Å². The molecule has 2 aromatic rings. The van der Waals surface area contributed by atoms with Crippen molar-refractivity contribution in [3.05, 3.63) is 35.9 Å². The largest absolute Gasteiger partial charge is 0.454 e. The van der Waals surface area contributed by atoms with Crippen LogP contribution < -0.4 is 9.47 Å². The minimum absolute atomic E-state index is 0.241. The number of fused-ring (bicyclic) bond motifs is 1. The molecule has 0 saturated carbocycles. The van der Waals surface area contributed by atoms with Gasteiger partial charge < -0.3 is 9.47 Å². The van der Waals surface area contributed by atoms with Crippen molar-refractivity contribution in [2.45, 2.75) is 13.0 Å². The second-order valence-electron chi connectivity index (χ2n) is 5.36. The van der Waals surface area contributed by atoms with Crippen LogP contribution in [0, 0.1) is 0 Å². The SMILES string of the molecule is CN(CCc1ncnn1Cc1ccc2c(c1)OCO2)S(C)(=O)=O. The zero-order chi connectivity index (χ0) is 16.4. The van der Waals surface area contributed by atoms with Crippen molar-refractivity contribution in [1.29, 1.82) is 0 Å². The standard InChI is InChI=1S/C14H18N4O4S/c1-17(23(2,19)20)6-5-14-15-9-16-18(14)8-11-3-4-12-13(7-11)22-10-21-12/h3-4,7,9H,5-6,8,10H2,1-2H3. The van der Waals surface area contributed by atoms with E-state index in [4.69, 9.17) is 9.47 Å². The molecule has 0 N–H and O–H groups in total. The fourth-order valence-electron chi connectivity index (χ4n) is 2.25. The fraction of sp³-hybridized carbons (Fsp3) is 0.429. The van der Waals surface area contributed by atoms with Gasteiger partial charge in [-0.05, 0) is 17.7 Å². The van der Waals surface area contributed by atoms with Gasteiger partial charge in [0.25, 0.3) is 0 Å². The molecule has 0 bridgehead atoms. The van der Waals surface area contributed by atoms with Crippen molar-refractivity contribution in [3.63, 3.8) is 0 Å². The smallest absolute Gasteiger partial charge is 0.231 e. The molecule has 1 aliphatic heterocycles. The van der Waals surface area contributed by atoms with Crippen LogP contribution in [0.15, 0.2) is 24.5 Å². The summed E-state index contributed by atoms with van der Waals surface area (Å²) in [5, 5.41) is 4.21. The summed E-state index contributed by atoms with van der Waals surface area (Å²) in [5.41, 5.74) is 1.01. The van der Waals surface area contributed by atoms with E-state index in [0.29, 0.717) is 19.5 Å². The Morgan fingerprint density at radius 3 is 2.87 bits per heavy atom. The van der Waals surface area contributed by atoms with Crippen LogP contribution in [-0.2, 0) is 23.0 Å². The summed E-state index contributed by atoms with van der Waals surface area (Å²) in [6, 6.07) is 5.73. The lowest BCUT2D eigenvalue weighted by atomic mass is 10.2. The molecular weight excluding hydrogens is 320 g/mol. The zero-order valence-electron chi connectivity index (χ0n) is 13.0. The lowest BCUT2D eigenvalue weighted by molar-refractivity contribution is 0.174. The molecule has 23 heavy (non-hydrogen) atoms. The van der Waals surface area contributed by atoms with E-state index in [1.165, 1.54) is 16.9 Å². The van der Waals surface area contributed by atoms with Gasteiger partial charge in [0.05, 0.1) is 12.8 Å². The first-order chi connectivity index (χ1) is 10.9. The van der Waals surface area contributed by atoms with E-state index in [0.717, 1.165) is 22.9 Å². The van der Waals surface area contributed by atoms with Gasteiger partial charge in [-0.2, -0.15) is 5.10 Å². The molecule has 124 valence electrons. The van der Waals surface area contributed by atoms with Crippen LogP contribution >= 0.6 is 0 Å². The van der Waals surface area contributed by atoms with Crippen molar-refractivity contribution in [1.82, 2.24) is 19.1 Å². The third-order valence-corrected chi connectivity index (χ3v) is 5.00. The van der Waals surface area contributed by atoms with Gasteiger partial charge in [-0.1, -0.05) is 6.07 Å². The van der Waals surface area contributed by atoms with E-state index < -0.39 is 10.0 Å². The van der Waals surface area contributed by atoms with Crippen LogP contribution in [0.4, 0.5) is 0 Å². The Balaban J connectivity index is 1.69. The maximum Gasteiger partial charge on any atom is 0.231 e. The Kier molecular flexibility index (Phi) is 4.22. The van der Waals surface area contributed by atoms with Gasteiger partial charge in [0, 0.05) is 20.0 Å². The van der Waals surface area contributed by atoms with Crippen LogP contribution in [0.5, 0.6) is 11.5 Å². The maximum absolute atomic E-state index is 11.4. The van der Waals surface area contributed by atoms with E-state index in [9.17, 15) is 8.42 Å². The molecule has 9 heteroatoms. The monoisotopic (exact) mass is 338 g/mol. The molecule has 3 rings (SSSR count). The van der Waals surface area contributed by atoms with Gasteiger partial charge >= 0.3 is 0 Å². The first-order valence-corrected chi connectivity index (χ1v) is 8.95. The van der Waals surface area contributed by atoms with Crippen molar-refractivity contribution >= 4 is 10.0 Å². The summed E-state index contributed by atoms with van der Waals surface area (Å²) in [4.78, 5) is 4.21. The van der Waals surface area contributed by atoms with Gasteiger partial charge in [0.15, 0.2) is 11.5 Å². The number of sulfonamides is 1. The first-order valence-electron chi connectivity index (χ1n) is 7.10. The van der Waals surface area contributed by atoms with Crippen molar-refractivity contribution < 1.29 is 17.9 Å². The molecule has 1 aromatic heterocycles. The highest BCUT2D eigenvalue weighted by Crippen LogP contribution is 2.32. The van der Waals surface area contributed by atoms with Crippen LogP contribution in [0.1, 0.15) is 11.4 Å². The number of nitrogens with zero attached hydrogens (tertiary/aromatic N) is 4. The van der Waals surface area contributed by atoms with Crippen LogP contribution in [-0.4, -0.2) is 54.1 Å². The summed E-state index contributed by atoms with van der Waals surface area (Å²) in [6.45, 7) is 1.14. The molecule has 1 aromatic carbocycles. The molecule has 0 fully saturated rings. The Bertz CT molecular complexity index is 803. The third-order valence-electron chi connectivity index (χ3n) is 3.68. The normalized spacial score (nSPS) is 13.7. The molecule has 0 spiro atoms. The first kappa shape index (κ1) is 15.8. The highest BCUT2D eigenvalue weighted by Gasteiger charge is 2.15. The molecule has 1 aliphatic rings. The Morgan fingerprint density at radius 1 is 1.30 bits per heavy atom. The highest BCUT2D eigenvalue weighted by atomic mass is 32.2. The molecule has 2 heterocycles. The van der Waals surface area contributed by atoms with Gasteiger partial charge in [-0.3, -0.25) is 0 Å². The summed E-state index contributed by atoms with van der Waals surface area (Å²) in [6.07, 6.45) is 3.15. The molecule has 8 nitrogen and oxygen atoms in total. The van der Waals surface area contributed by atoms with Gasteiger partial charge in [0.2, 0.25) is 16.8 Å². The Hall–Kier alpha value is -2.13. The predicted octanol–water partition coefficient (Wildman–Crippen LogP) is 0.489. The summed E-state index contributed by atoms with van der Waals surface area (Å²) < 4.78 is 36.6. The van der Waals surface area contributed by atoms with E-state index in [-0.39, 0.29) is 6.79 Å². The molecular formula is C14H18N4O4S. The Morgan fingerprint density at radius 2 is 2.09 bits per heavy atom. The number of likely N-dealkylation sites (N-methyl/N-ethyl adjacent to an activating group) is 1. The number of hydrogen-bond donors (Lipinski definition) is 0. The fourth-order valence-corrected chi connectivity index (χ4v) is 2.67. The average molecular weight is 338 g/mol. The molecule has 0 unspecified atom stereocenters. The van der Waals surface area contributed by atoms with Crippen molar-refractivity contribution in [2.75, 3.05) is 26.6 Å². The molecule has 0 aliphatic carbocycles. The van der Waals surface area contributed by atoms with Crippen LogP contribution in [0.25, 0.3) is 0 Å². The molecule has 0 atom stereocenters. The van der Waals surface area contributed by atoms with Crippen LogP contribution in [0.3, 0.4) is 0 Å². The summed E-state index contributed by atoms with van der Waals surface area (Å²) >= 11 is 0. The van der Waals surface area contributed by atoms with Gasteiger partial charge in [-0.15, -0.1) is 0 Å². The van der Waals surface area contributed by atoms with E-state index in [2.05, 4.69) is 10.1 Å². The number of hydrogen-bond acceptors (Lipinski definition) is 6. The molecule has 0 radical (unpaired) electrons. The topological polar surface area (TPSA) is 86.6 Å². The van der Waals surface area contributed by atoms with Crippen molar-refractivity contribution in [2.24, 2.45) is 0 Å². The minimum Gasteiger partial charge on any atom is -0.454 e. The van der Waals surface area contributed by atoms with E-state index in [1.54, 1.807) is 11.7 Å². The quantitative estimate of drug-likeness (QED) is 0.762. The number of ether oxygens (including phenoxy) is 2. The van der Waals surface area contributed by atoms with Crippen molar-refractivity contribution in [3.8, 4) is 11.5 Å². The third kappa shape index (κ3) is 3.62. The van der Waals surface area contributed by atoms with E-state index >= 15 is 0 Å². The maximum atomic E-state index is 11.4.